The van der Waals surface area contributed by atoms with Crippen LogP contribution in [-0.2, 0) is 0 Å². The Kier molecular flexibility index (Phi) is 4.30. The Morgan fingerprint density at radius 3 is 2.50 bits per heavy atom. The summed E-state index contributed by atoms with van der Waals surface area (Å²) in [6, 6.07) is 12.7. The van der Waals surface area contributed by atoms with E-state index in [1.165, 1.54) is 6.07 Å². The molecule has 20 heavy (non-hydrogen) atoms. The van der Waals surface area contributed by atoms with Crippen molar-refractivity contribution >= 4 is 17.6 Å². The quantitative estimate of drug-likeness (QED) is 0.902. The number of benzene rings is 2. The molecule has 0 fully saturated rings. The summed E-state index contributed by atoms with van der Waals surface area (Å²) in [5.74, 6) is -0.233. The molecule has 0 heterocycles. The van der Waals surface area contributed by atoms with Crippen LogP contribution in [0.15, 0.2) is 42.5 Å². The molecule has 0 radical (unpaired) electrons. The predicted octanol–water partition coefficient (Wildman–Crippen LogP) is 4.49. The topological polar surface area (TPSA) is 46.5 Å². The molecule has 2 aromatic rings. The first kappa shape index (κ1) is 14.4. The van der Waals surface area contributed by atoms with Crippen molar-refractivity contribution in [1.82, 2.24) is 0 Å². The van der Waals surface area contributed by atoms with E-state index < -0.39 is 5.97 Å². The van der Waals surface area contributed by atoms with E-state index in [0.29, 0.717) is 10.6 Å². The Bertz CT molecular complexity index is 623. The summed E-state index contributed by atoms with van der Waals surface area (Å²) >= 11 is 6.16. The van der Waals surface area contributed by atoms with E-state index in [0.717, 1.165) is 11.3 Å². The van der Waals surface area contributed by atoms with Gasteiger partial charge in [0.1, 0.15) is 11.9 Å². The van der Waals surface area contributed by atoms with E-state index in [4.69, 9.17) is 21.4 Å². The summed E-state index contributed by atoms with van der Waals surface area (Å²) in [4.78, 5) is 11.1. The Morgan fingerprint density at radius 2 is 1.90 bits per heavy atom. The second-order valence-electron chi connectivity index (χ2n) is 4.57. The fourth-order valence-corrected chi connectivity index (χ4v) is 2.33. The van der Waals surface area contributed by atoms with Gasteiger partial charge in [0.15, 0.2) is 0 Å². The lowest BCUT2D eigenvalue weighted by Gasteiger charge is -2.17. The van der Waals surface area contributed by atoms with Crippen LogP contribution in [0.2, 0.25) is 5.02 Å². The zero-order valence-electron chi connectivity index (χ0n) is 11.3. The van der Waals surface area contributed by atoms with Gasteiger partial charge in [-0.05, 0) is 37.6 Å². The summed E-state index contributed by atoms with van der Waals surface area (Å²) in [5, 5.41) is 9.46. The van der Waals surface area contributed by atoms with Crippen molar-refractivity contribution < 1.29 is 14.6 Å². The zero-order valence-corrected chi connectivity index (χ0v) is 12.0. The van der Waals surface area contributed by atoms with Gasteiger partial charge in [0.2, 0.25) is 0 Å². The highest BCUT2D eigenvalue weighted by Crippen LogP contribution is 2.29. The highest BCUT2D eigenvalue weighted by atomic mass is 35.5. The lowest BCUT2D eigenvalue weighted by atomic mass is 10.0. The first-order valence-corrected chi connectivity index (χ1v) is 6.62. The van der Waals surface area contributed by atoms with Crippen LogP contribution >= 0.6 is 11.6 Å². The van der Waals surface area contributed by atoms with Gasteiger partial charge in [-0.15, -0.1) is 0 Å². The van der Waals surface area contributed by atoms with Crippen LogP contribution in [0, 0.1) is 6.92 Å². The number of hydrogen-bond acceptors (Lipinski definition) is 2. The number of rotatable bonds is 4. The molecule has 2 rings (SSSR count). The van der Waals surface area contributed by atoms with Gasteiger partial charge in [-0.2, -0.15) is 0 Å². The van der Waals surface area contributed by atoms with Crippen LogP contribution in [0.5, 0.6) is 5.75 Å². The molecule has 3 nitrogen and oxygen atoms in total. The second-order valence-corrected chi connectivity index (χ2v) is 4.97. The summed E-state index contributed by atoms with van der Waals surface area (Å²) < 4.78 is 5.80. The average molecular weight is 291 g/mol. The van der Waals surface area contributed by atoms with E-state index in [1.807, 2.05) is 37.3 Å². The summed E-state index contributed by atoms with van der Waals surface area (Å²) in [7, 11) is 0. The average Bonchev–Trinajstić information content (AvgIpc) is 2.41. The van der Waals surface area contributed by atoms with Crippen molar-refractivity contribution in [2.24, 2.45) is 0 Å². The molecule has 1 N–H and O–H groups in total. The number of halogens is 1. The van der Waals surface area contributed by atoms with Crippen molar-refractivity contribution in [3.05, 3.63) is 64.2 Å². The summed E-state index contributed by atoms with van der Waals surface area (Å²) in [6.07, 6.45) is -0.258. The monoisotopic (exact) mass is 290 g/mol. The first-order chi connectivity index (χ1) is 9.49. The SMILES string of the molecule is Cc1cc(C(C)Oc2ccccc2)c(Cl)cc1C(=O)O. The van der Waals surface area contributed by atoms with Crippen molar-refractivity contribution in [3.63, 3.8) is 0 Å². The smallest absolute Gasteiger partial charge is 0.336 e. The molecular formula is C16H15ClO3. The van der Waals surface area contributed by atoms with Gasteiger partial charge < -0.3 is 9.84 Å². The largest absolute Gasteiger partial charge is 0.486 e. The Labute approximate surface area is 122 Å². The number of carbonyl (C=O) groups is 1. The van der Waals surface area contributed by atoms with Crippen LogP contribution in [0.3, 0.4) is 0 Å². The van der Waals surface area contributed by atoms with Crippen molar-refractivity contribution in [2.45, 2.75) is 20.0 Å². The fourth-order valence-electron chi connectivity index (χ4n) is 2.01. The third-order valence-electron chi connectivity index (χ3n) is 3.07. The lowest BCUT2D eigenvalue weighted by molar-refractivity contribution is 0.0696. The van der Waals surface area contributed by atoms with Crippen molar-refractivity contribution in [3.8, 4) is 5.75 Å². The Hall–Kier alpha value is -2.00. The number of ether oxygens (including phenoxy) is 1. The molecule has 0 bridgehead atoms. The molecule has 0 saturated carbocycles. The molecule has 1 atom stereocenters. The summed E-state index contributed by atoms with van der Waals surface area (Å²) in [6.45, 7) is 3.63. The van der Waals surface area contributed by atoms with Gasteiger partial charge in [0, 0.05) is 10.6 Å². The van der Waals surface area contributed by atoms with Gasteiger partial charge in [-0.3, -0.25) is 0 Å². The minimum absolute atomic E-state index is 0.214. The van der Waals surface area contributed by atoms with E-state index in [2.05, 4.69) is 0 Å². The minimum atomic E-state index is -0.979. The molecule has 1 unspecified atom stereocenters. The van der Waals surface area contributed by atoms with Crippen LogP contribution in [0.1, 0.15) is 34.5 Å². The number of carboxylic acid groups (broad SMARTS) is 1. The maximum absolute atomic E-state index is 11.1. The first-order valence-electron chi connectivity index (χ1n) is 6.24. The maximum Gasteiger partial charge on any atom is 0.336 e. The highest BCUT2D eigenvalue weighted by molar-refractivity contribution is 6.31. The molecule has 0 aliphatic carbocycles. The Balaban J connectivity index is 2.29. The van der Waals surface area contributed by atoms with E-state index in [-0.39, 0.29) is 11.7 Å². The normalized spacial score (nSPS) is 11.9. The standard InChI is InChI=1S/C16H15ClO3/c1-10-8-14(15(17)9-13(10)16(18)19)11(2)20-12-6-4-3-5-7-12/h3-9,11H,1-2H3,(H,18,19). The maximum atomic E-state index is 11.1. The number of para-hydroxylation sites is 1. The fraction of sp³-hybridized carbons (Fsp3) is 0.188. The van der Waals surface area contributed by atoms with Crippen molar-refractivity contribution in [1.29, 1.82) is 0 Å². The molecule has 0 spiro atoms. The molecule has 2 aromatic carbocycles. The van der Waals surface area contributed by atoms with Crippen LogP contribution in [-0.4, -0.2) is 11.1 Å². The molecule has 0 amide bonds. The van der Waals surface area contributed by atoms with Crippen molar-refractivity contribution in [2.75, 3.05) is 0 Å². The third kappa shape index (κ3) is 3.11. The molecule has 4 heteroatoms. The molecule has 0 aromatic heterocycles. The van der Waals surface area contributed by atoms with Gasteiger partial charge in [-0.25, -0.2) is 4.79 Å². The number of carboxylic acids is 1. The lowest BCUT2D eigenvalue weighted by Crippen LogP contribution is -2.07. The van der Waals surface area contributed by atoms with Gasteiger partial charge in [-0.1, -0.05) is 35.9 Å². The number of hydrogen-bond donors (Lipinski definition) is 1. The highest BCUT2D eigenvalue weighted by Gasteiger charge is 2.16. The zero-order chi connectivity index (χ0) is 14.7. The molecule has 0 saturated heterocycles. The molecular weight excluding hydrogens is 276 g/mol. The van der Waals surface area contributed by atoms with E-state index in [1.54, 1.807) is 13.0 Å². The predicted molar refractivity (Wildman–Crippen MR) is 78.6 cm³/mol. The van der Waals surface area contributed by atoms with Crippen LogP contribution in [0.25, 0.3) is 0 Å². The number of aromatic carboxylic acids is 1. The van der Waals surface area contributed by atoms with Gasteiger partial charge in [0.05, 0.1) is 5.56 Å². The molecule has 104 valence electrons. The third-order valence-corrected chi connectivity index (χ3v) is 3.40. The van der Waals surface area contributed by atoms with Crippen LogP contribution in [0.4, 0.5) is 0 Å². The molecule has 0 aliphatic heterocycles. The minimum Gasteiger partial charge on any atom is -0.486 e. The second kappa shape index (κ2) is 5.97. The van der Waals surface area contributed by atoms with Gasteiger partial charge >= 0.3 is 5.97 Å². The van der Waals surface area contributed by atoms with E-state index in [9.17, 15) is 4.79 Å². The molecule has 0 aliphatic rings. The summed E-state index contributed by atoms with van der Waals surface area (Å²) in [5.41, 5.74) is 1.66. The van der Waals surface area contributed by atoms with Crippen LogP contribution < -0.4 is 4.74 Å². The van der Waals surface area contributed by atoms with Gasteiger partial charge in [0.25, 0.3) is 0 Å². The Morgan fingerprint density at radius 1 is 1.25 bits per heavy atom. The number of aryl methyl sites for hydroxylation is 1. The van der Waals surface area contributed by atoms with E-state index >= 15 is 0 Å².